The zero-order chi connectivity index (χ0) is 23.5. The van der Waals surface area contributed by atoms with Crippen molar-refractivity contribution >= 4 is 43.4 Å². The molecule has 7 rings (SSSR count). The van der Waals surface area contributed by atoms with Crippen molar-refractivity contribution in [3.05, 3.63) is 124 Å². The van der Waals surface area contributed by atoms with Crippen molar-refractivity contribution in [1.29, 1.82) is 0 Å². The molecule has 0 aliphatic heterocycles. The van der Waals surface area contributed by atoms with Crippen LogP contribution in [-0.2, 0) is 6.42 Å². The van der Waals surface area contributed by atoms with Crippen LogP contribution in [0.5, 0.6) is 0 Å². The second-order valence-corrected chi connectivity index (χ2v) is 12.0. The molecule has 2 heteroatoms. The van der Waals surface area contributed by atoms with Gasteiger partial charge in [-0.25, -0.2) is 0 Å². The van der Waals surface area contributed by atoms with E-state index >= 15 is 0 Å². The second kappa shape index (κ2) is 8.33. The minimum atomic E-state index is 0.394. The summed E-state index contributed by atoms with van der Waals surface area (Å²) in [6.07, 6.45) is 5.64. The normalized spacial score (nSPS) is 20.3. The van der Waals surface area contributed by atoms with Crippen LogP contribution in [0.15, 0.2) is 97.1 Å². The Balaban J connectivity index is 1.34. The van der Waals surface area contributed by atoms with Gasteiger partial charge in [-0.3, -0.25) is 0 Å². The van der Waals surface area contributed by atoms with Gasteiger partial charge in [-0.2, -0.15) is 0 Å². The van der Waals surface area contributed by atoms with E-state index in [1.165, 1.54) is 59.5 Å². The van der Waals surface area contributed by atoms with Gasteiger partial charge in [-0.15, -0.1) is 11.3 Å². The summed E-state index contributed by atoms with van der Waals surface area (Å²) in [5, 5.41) is 1.38. The van der Waals surface area contributed by atoms with Gasteiger partial charge in [0.25, 0.3) is 0 Å². The van der Waals surface area contributed by atoms with Crippen molar-refractivity contribution in [3.63, 3.8) is 0 Å². The molecule has 1 aromatic heterocycles. The Morgan fingerprint density at radius 1 is 0.800 bits per heavy atom. The molecule has 35 heavy (non-hydrogen) atoms. The van der Waals surface area contributed by atoms with Gasteiger partial charge in [0.15, 0.2) is 0 Å². The molecule has 4 aromatic carbocycles. The molecule has 5 aromatic rings. The zero-order valence-electron chi connectivity index (χ0n) is 19.5. The van der Waals surface area contributed by atoms with Crippen LogP contribution in [0.1, 0.15) is 45.9 Å². The van der Waals surface area contributed by atoms with E-state index in [1.807, 2.05) is 11.3 Å². The predicted octanol–water partition coefficient (Wildman–Crippen LogP) is 9.82. The molecule has 0 bridgehead atoms. The molecule has 0 nitrogen and oxygen atoms in total. The van der Waals surface area contributed by atoms with Crippen LogP contribution >= 0.6 is 27.3 Å². The van der Waals surface area contributed by atoms with Gasteiger partial charge in [0.05, 0.1) is 0 Å². The molecule has 0 spiro atoms. The highest BCUT2D eigenvalue weighted by atomic mass is 79.9. The maximum absolute atomic E-state index is 3.82. The third kappa shape index (κ3) is 3.46. The number of fused-ring (bicyclic) bond motifs is 6. The minimum absolute atomic E-state index is 0.394. The fourth-order valence-corrected chi connectivity index (χ4v) is 7.75. The third-order valence-electron chi connectivity index (χ3n) is 7.78. The van der Waals surface area contributed by atoms with Gasteiger partial charge in [0, 0.05) is 31.6 Å². The van der Waals surface area contributed by atoms with Gasteiger partial charge in [0.2, 0.25) is 0 Å². The van der Waals surface area contributed by atoms with Crippen molar-refractivity contribution in [2.24, 2.45) is 0 Å². The average Bonchev–Trinajstić information content (AvgIpc) is 3.29. The number of halogens is 1. The smallest absolute Gasteiger partial charge is 0.0402 e. The highest BCUT2D eigenvalue weighted by Gasteiger charge is 2.27. The number of allylic oxidation sites excluding steroid dienone is 1. The molecule has 3 unspecified atom stereocenters. The monoisotopic (exact) mass is 532 g/mol. The van der Waals surface area contributed by atoms with Crippen molar-refractivity contribution in [2.75, 3.05) is 0 Å². The molecular formula is C33H25BrS. The molecule has 170 valence electrons. The molecule has 0 saturated carbocycles. The highest BCUT2D eigenvalue weighted by Crippen LogP contribution is 2.46. The van der Waals surface area contributed by atoms with Gasteiger partial charge < -0.3 is 0 Å². The first-order chi connectivity index (χ1) is 17.2. The molecule has 0 saturated heterocycles. The van der Waals surface area contributed by atoms with E-state index in [4.69, 9.17) is 0 Å². The lowest BCUT2D eigenvalue weighted by atomic mass is 9.75. The Hall–Kier alpha value is -2.94. The Morgan fingerprint density at radius 2 is 1.57 bits per heavy atom. The SMILES string of the molecule is CC1c2sc3ccc(-c4ccc5c(c4)CC(c4ccccc4)c4ccccc4-5)cc3c2C=CC1Br. The molecular weight excluding hydrogens is 508 g/mol. The number of benzene rings is 4. The summed E-state index contributed by atoms with van der Waals surface area (Å²) < 4.78 is 1.38. The fourth-order valence-electron chi connectivity index (χ4n) is 5.89. The Kier molecular flexibility index (Phi) is 5.08. The van der Waals surface area contributed by atoms with Crippen molar-refractivity contribution < 1.29 is 0 Å². The molecule has 0 fully saturated rings. The summed E-state index contributed by atoms with van der Waals surface area (Å²) >= 11 is 5.77. The number of thiophene rings is 1. The number of hydrogen-bond acceptors (Lipinski definition) is 1. The number of rotatable bonds is 2. The third-order valence-corrected chi connectivity index (χ3v) is 10.3. The Morgan fingerprint density at radius 3 is 2.46 bits per heavy atom. The predicted molar refractivity (Wildman–Crippen MR) is 155 cm³/mol. The average molecular weight is 534 g/mol. The Bertz CT molecular complexity index is 1610. The van der Waals surface area contributed by atoms with Crippen molar-refractivity contribution in [3.8, 4) is 22.3 Å². The highest BCUT2D eigenvalue weighted by molar-refractivity contribution is 9.09. The lowest BCUT2D eigenvalue weighted by Gasteiger charge is -2.29. The van der Waals surface area contributed by atoms with E-state index < -0.39 is 0 Å². The van der Waals surface area contributed by atoms with Gasteiger partial charge >= 0.3 is 0 Å². The molecule has 0 N–H and O–H groups in total. The summed E-state index contributed by atoms with van der Waals surface area (Å²) in [4.78, 5) is 1.91. The summed E-state index contributed by atoms with van der Waals surface area (Å²) in [5.74, 6) is 0.903. The van der Waals surface area contributed by atoms with Gasteiger partial charge in [-0.1, -0.05) is 114 Å². The van der Waals surface area contributed by atoms with Crippen LogP contribution in [0.25, 0.3) is 38.4 Å². The second-order valence-electron chi connectivity index (χ2n) is 9.81. The van der Waals surface area contributed by atoms with Crippen LogP contribution in [0.3, 0.4) is 0 Å². The largest absolute Gasteiger partial charge is 0.139 e. The van der Waals surface area contributed by atoms with E-state index in [1.54, 1.807) is 0 Å². The Labute approximate surface area is 219 Å². The standard InChI is InChI=1S/C33H25BrS/c1-20-31(34)15-14-28-30-18-23(12-16-32(30)35-33(20)28)22-11-13-25-24(17-22)19-29(21-7-3-2-4-8-21)27-10-6-5-9-26(25)27/h2-18,20,29,31H,19H2,1H3. The lowest BCUT2D eigenvalue weighted by Crippen LogP contribution is -2.12. The summed E-state index contributed by atoms with van der Waals surface area (Å²) in [6.45, 7) is 2.32. The molecule has 0 radical (unpaired) electrons. The molecule has 3 atom stereocenters. The van der Waals surface area contributed by atoms with E-state index in [-0.39, 0.29) is 0 Å². The summed E-state index contributed by atoms with van der Waals surface area (Å²) in [6, 6.07) is 34.0. The first-order valence-electron chi connectivity index (χ1n) is 12.3. The van der Waals surface area contributed by atoms with E-state index in [0.29, 0.717) is 16.7 Å². The molecule has 1 heterocycles. The molecule has 2 aliphatic rings. The van der Waals surface area contributed by atoms with Crippen molar-refractivity contribution in [1.82, 2.24) is 0 Å². The van der Waals surface area contributed by atoms with Crippen LogP contribution in [0.4, 0.5) is 0 Å². The van der Waals surface area contributed by atoms with E-state index in [0.717, 1.165) is 6.42 Å². The van der Waals surface area contributed by atoms with Crippen LogP contribution < -0.4 is 0 Å². The topological polar surface area (TPSA) is 0 Å². The lowest BCUT2D eigenvalue weighted by molar-refractivity contribution is 0.794. The summed E-state index contributed by atoms with van der Waals surface area (Å²) in [5.41, 5.74) is 11.1. The maximum atomic E-state index is 3.82. The van der Waals surface area contributed by atoms with E-state index in [9.17, 15) is 0 Å². The maximum Gasteiger partial charge on any atom is 0.0402 e. The number of hydrogen-bond donors (Lipinski definition) is 0. The first-order valence-corrected chi connectivity index (χ1v) is 14.1. The quantitative estimate of drug-likeness (QED) is 0.198. The minimum Gasteiger partial charge on any atom is -0.139 e. The molecule has 2 aliphatic carbocycles. The summed E-state index contributed by atoms with van der Waals surface area (Å²) in [7, 11) is 0. The zero-order valence-corrected chi connectivity index (χ0v) is 21.9. The first kappa shape index (κ1) is 21.4. The van der Waals surface area contributed by atoms with Crippen LogP contribution in [0, 0.1) is 0 Å². The number of alkyl halides is 1. The van der Waals surface area contributed by atoms with Gasteiger partial charge in [-0.05, 0) is 63.1 Å². The van der Waals surface area contributed by atoms with Gasteiger partial charge in [0.1, 0.15) is 0 Å². The van der Waals surface area contributed by atoms with Crippen LogP contribution in [0.2, 0.25) is 0 Å². The van der Waals surface area contributed by atoms with E-state index in [2.05, 4.69) is 126 Å². The fraction of sp³-hybridized carbons (Fsp3) is 0.152. The van der Waals surface area contributed by atoms with Crippen LogP contribution in [-0.4, -0.2) is 4.83 Å². The molecule has 0 amide bonds. The van der Waals surface area contributed by atoms with Crippen molar-refractivity contribution in [2.45, 2.75) is 30.0 Å².